The summed E-state index contributed by atoms with van der Waals surface area (Å²) >= 11 is 6.59. The van der Waals surface area contributed by atoms with Crippen LogP contribution in [0.2, 0.25) is 5.02 Å². The molecule has 30 heavy (non-hydrogen) atoms. The fraction of sp³-hybridized carbons (Fsp3) is 0.640. The lowest BCUT2D eigenvalue weighted by atomic mass is 9.45. The van der Waals surface area contributed by atoms with Gasteiger partial charge in [-0.1, -0.05) is 17.7 Å². The van der Waals surface area contributed by atoms with Crippen molar-refractivity contribution in [3.63, 3.8) is 0 Å². The molecule has 1 aromatic heterocycles. The fourth-order valence-corrected chi connectivity index (χ4v) is 7.76. The van der Waals surface area contributed by atoms with Crippen LogP contribution in [-0.4, -0.2) is 29.2 Å². The van der Waals surface area contributed by atoms with Crippen LogP contribution in [0.5, 0.6) is 0 Å². The molecule has 0 atom stereocenters. The van der Waals surface area contributed by atoms with Crippen molar-refractivity contribution < 1.29 is 9.53 Å². The molecule has 1 aromatic carbocycles. The quantitative estimate of drug-likeness (QED) is 0.692. The average molecular weight is 427 g/mol. The van der Waals surface area contributed by atoms with Crippen molar-refractivity contribution in [3.05, 3.63) is 35.0 Å². The Kier molecular flexibility index (Phi) is 4.15. The summed E-state index contributed by atoms with van der Waals surface area (Å²) in [6, 6.07) is 6.18. The number of amides is 1. The lowest BCUT2D eigenvalue weighted by Crippen LogP contribution is -2.62. The molecule has 4 nitrogen and oxygen atoms in total. The van der Waals surface area contributed by atoms with Crippen LogP contribution in [0.25, 0.3) is 10.9 Å². The van der Waals surface area contributed by atoms with Gasteiger partial charge in [0, 0.05) is 17.1 Å². The fourth-order valence-electron chi connectivity index (χ4n) is 7.49. The predicted octanol–water partition coefficient (Wildman–Crippen LogP) is 5.59. The lowest BCUT2D eigenvalue weighted by Gasteiger charge is -2.62. The molecule has 5 heteroatoms. The van der Waals surface area contributed by atoms with E-state index in [2.05, 4.69) is 29.8 Å². The van der Waals surface area contributed by atoms with E-state index in [0.29, 0.717) is 23.8 Å². The van der Waals surface area contributed by atoms with Crippen LogP contribution >= 0.6 is 11.6 Å². The van der Waals surface area contributed by atoms with E-state index in [0.717, 1.165) is 28.7 Å². The Morgan fingerprint density at radius 2 is 1.77 bits per heavy atom. The van der Waals surface area contributed by atoms with Gasteiger partial charge >= 0.3 is 0 Å². The molecule has 1 amide bonds. The third kappa shape index (κ3) is 2.72. The summed E-state index contributed by atoms with van der Waals surface area (Å²) in [6.45, 7) is 5.91. The number of nitrogens with one attached hydrogen (secondary N) is 1. The van der Waals surface area contributed by atoms with Crippen LogP contribution in [-0.2, 0) is 4.74 Å². The van der Waals surface area contributed by atoms with E-state index in [-0.39, 0.29) is 22.9 Å². The predicted molar refractivity (Wildman–Crippen MR) is 119 cm³/mol. The van der Waals surface area contributed by atoms with Gasteiger partial charge in [0.25, 0.3) is 5.91 Å². The first-order chi connectivity index (χ1) is 14.4. The van der Waals surface area contributed by atoms with Crippen LogP contribution in [0.4, 0.5) is 0 Å². The molecule has 5 aliphatic rings. The van der Waals surface area contributed by atoms with Crippen molar-refractivity contribution >= 4 is 28.4 Å². The molecule has 0 unspecified atom stereocenters. The first-order valence-corrected chi connectivity index (χ1v) is 11.9. The Hall–Kier alpha value is -1.52. The molecule has 1 aliphatic heterocycles. The Morgan fingerprint density at radius 3 is 2.33 bits per heavy atom. The van der Waals surface area contributed by atoms with E-state index in [9.17, 15) is 4.79 Å². The van der Waals surface area contributed by atoms with Gasteiger partial charge in [0.05, 0.1) is 35.4 Å². The molecular weight excluding hydrogens is 396 g/mol. The Bertz CT molecular complexity index is 984. The molecular formula is C25H31ClN2O2. The normalized spacial score (nSPS) is 33.1. The van der Waals surface area contributed by atoms with Crippen LogP contribution in [0.3, 0.4) is 0 Å². The van der Waals surface area contributed by atoms with Gasteiger partial charge in [-0.15, -0.1) is 0 Å². The van der Waals surface area contributed by atoms with Crippen molar-refractivity contribution in [1.29, 1.82) is 0 Å². The maximum absolute atomic E-state index is 13.6. The van der Waals surface area contributed by atoms with Gasteiger partial charge in [0.15, 0.2) is 0 Å². The summed E-state index contributed by atoms with van der Waals surface area (Å²) in [4.78, 5) is 13.6. The zero-order valence-electron chi connectivity index (χ0n) is 17.9. The molecule has 2 aromatic rings. The van der Waals surface area contributed by atoms with E-state index in [4.69, 9.17) is 16.3 Å². The molecule has 4 saturated carbocycles. The van der Waals surface area contributed by atoms with Crippen molar-refractivity contribution in [2.75, 3.05) is 13.2 Å². The number of halogens is 1. The molecule has 0 spiro atoms. The molecule has 2 heterocycles. The molecule has 5 fully saturated rings. The van der Waals surface area contributed by atoms with E-state index in [1.165, 1.54) is 38.5 Å². The van der Waals surface area contributed by atoms with E-state index in [1.807, 2.05) is 18.3 Å². The number of rotatable bonds is 4. The van der Waals surface area contributed by atoms with Gasteiger partial charge in [0.1, 0.15) is 0 Å². The summed E-state index contributed by atoms with van der Waals surface area (Å²) < 4.78 is 7.58. The lowest BCUT2D eigenvalue weighted by molar-refractivity contribution is -0.0956. The zero-order chi connectivity index (χ0) is 20.7. The topological polar surface area (TPSA) is 43.3 Å². The average Bonchev–Trinajstić information content (AvgIpc) is 2.99. The minimum atomic E-state index is -0.227. The van der Waals surface area contributed by atoms with Crippen molar-refractivity contribution in [3.8, 4) is 0 Å². The standard InChI is InChI=1S/C25H31ClN2O2/c1-24(2,25-9-15-6-16(10-25)8-17(7-15)11-25)27-23(29)19-12-28(18-13-30-14-18)21-5-3-4-20(26)22(19)21/h3-5,12,15-18H,6-11,13-14H2,1-2H3,(H,27,29). The summed E-state index contributed by atoms with van der Waals surface area (Å²) in [6.07, 6.45) is 10.0. The largest absolute Gasteiger partial charge is 0.377 e. The molecule has 0 radical (unpaired) electrons. The monoisotopic (exact) mass is 426 g/mol. The van der Waals surface area contributed by atoms with Crippen molar-refractivity contribution in [1.82, 2.24) is 9.88 Å². The second-order valence-corrected chi connectivity index (χ2v) is 11.5. The van der Waals surface area contributed by atoms with Crippen LogP contribution in [0.1, 0.15) is 68.8 Å². The Labute approximate surface area is 183 Å². The number of fused-ring (bicyclic) bond motifs is 1. The third-order valence-electron chi connectivity index (χ3n) is 8.86. The first kappa shape index (κ1) is 19.2. The minimum Gasteiger partial charge on any atom is -0.377 e. The first-order valence-electron chi connectivity index (χ1n) is 11.5. The highest BCUT2D eigenvalue weighted by molar-refractivity contribution is 6.36. The van der Waals surface area contributed by atoms with Crippen LogP contribution in [0.15, 0.2) is 24.4 Å². The van der Waals surface area contributed by atoms with Gasteiger partial charge in [-0.2, -0.15) is 0 Å². The number of hydrogen-bond acceptors (Lipinski definition) is 2. The highest BCUT2D eigenvalue weighted by Gasteiger charge is 2.57. The maximum atomic E-state index is 13.6. The van der Waals surface area contributed by atoms with Crippen LogP contribution in [0, 0.1) is 23.2 Å². The highest BCUT2D eigenvalue weighted by Crippen LogP contribution is 2.63. The second kappa shape index (κ2) is 6.49. The van der Waals surface area contributed by atoms with Crippen LogP contribution < -0.4 is 5.32 Å². The summed E-state index contributed by atoms with van der Waals surface area (Å²) in [5, 5.41) is 5.00. The van der Waals surface area contributed by atoms with Gasteiger partial charge in [0.2, 0.25) is 0 Å². The molecule has 4 aliphatic carbocycles. The zero-order valence-corrected chi connectivity index (χ0v) is 18.7. The molecule has 1 saturated heterocycles. The number of carbonyl (C=O) groups is 1. The van der Waals surface area contributed by atoms with E-state index < -0.39 is 0 Å². The molecule has 4 bridgehead atoms. The summed E-state index contributed by atoms with van der Waals surface area (Å²) in [5.74, 6) is 2.60. The molecule has 1 N–H and O–H groups in total. The van der Waals surface area contributed by atoms with Gasteiger partial charge < -0.3 is 14.6 Å². The van der Waals surface area contributed by atoms with Gasteiger partial charge in [-0.05, 0) is 87.7 Å². The van der Waals surface area contributed by atoms with Crippen molar-refractivity contribution in [2.45, 2.75) is 64.0 Å². The SMILES string of the molecule is CC(C)(NC(=O)c1cn(C2COC2)c2cccc(Cl)c12)C12CC3CC(CC(C3)C1)C2. The van der Waals surface area contributed by atoms with E-state index >= 15 is 0 Å². The number of benzene rings is 1. The molecule has 160 valence electrons. The number of aromatic nitrogens is 1. The number of carbonyl (C=O) groups excluding carboxylic acids is 1. The van der Waals surface area contributed by atoms with Gasteiger partial charge in [-0.25, -0.2) is 0 Å². The second-order valence-electron chi connectivity index (χ2n) is 11.1. The maximum Gasteiger partial charge on any atom is 0.253 e. The Morgan fingerprint density at radius 1 is 1.13 bits per heavy atom. The minimum absolute atomic E-state index is 0.00726. The summed E-state index contributed by atoms with van der Waals surface area (Å²) in [5.41, 5.74) is 1.73. The van der Waals surface area contributed by atoms with Crippen molar-refractivity contribution in [2.24, 2.45) is 23.2 Å². The summed E-state index contributed by atoms with van der Waals surface area (Å²) in [7, 11) is 0. The number of ether oxygens (including phenoxy) is 1. The Balaban J connectivity index is 1.34. The number of hydrogen-bond donors (Lipinski definition) is 1. The van der Waals surface area contributed by atoms with E-state index in [1.54, 1.807) is 0 Å². The third-order valence-corrected chi connectivity index (χ3v) is 9.17. The smallest absolute Gasteiger partial charge is 0.253 e. The van der Waals surface area contributed by atoms with Gasteiger partial charge in [-0.3, -0.25) is 4.79 Å². The molecule has 7 rings (SSSR count). The highest BCUT2D eigenvalue weighted by atomic mass is 35.5. The number of nitrogens with zero attached hydrogens (tertiary/aromatic N) is 1.